The third-order valence-electron chi connectivity index (χ3n) is 5.21. The van der Waals surface area contributed by atoms with Crippen LogP contribution in [0, 0.1) is 0 Å². The van der Waals surface area contributed by atoms with Gasteiger partial charge in [-0.05, 0) is 60.3 Å². The standard InChI is InChI=1S/C26H19BrCl2N2O5S/c1-35-22-9-7-18(12-20(22)29)30-24(32)13-31-25(33)23(37-26(31)34)11-16-10-17(27)6-8-21(16)36-14-15-4-2-3-5-19(15)28/h2-12H,13-14H2,1H3,(H,30,32)/b23-11+. The summed E-state index contributed by atoms with van der Waals surface area (Å²) in [7, 11) is 1.48. The monoisotopic (exact) mass is 620 g/mol. The van der Waals surface area contributed by atoms with Gasteiger partial charge in [-0.2, -0.15) is 0 Å². The van der Waals surface area contributed by atoms with Crippen LogP contribution in [-0.2, 0) is 16.2 Å². The third kappa shape index (κ3) is 6.67. The van der Waals surface area contributed by atoms with E-state index < -0.39 is 23.6 Å². The number of nitrogens with one attached hydrogen (secondary N) is 1. The first-order chi connectivity index (χ1) is 17.7. The number of benzene rings is 3. The Morgan fingerprint density at radius 3 is 2.54 bits per heavy atom. The first kappa shape index (κ1) is 27.1. The molecule has 1 saturated heterocycles. The summed E-state index contributed by atoms with van der Waals surface area (Å²) in [5.41, 5.74) is 1.81. The minimum atomic E-state index is -0.574. The molecular weight excluding hydrogens is 603 g/mol. The molecule has 7 nitrogen and oxygen atoms in total. The first-order valence-corrected chi connectivity index (χ1v) is 13.2. The molecule has 0 atom stereocenters. The molecule has 0 bridgehead atoms. The molecule has 0 unspecified atom stereocenters. The van der Waals surface area contributed by atoms with Crippen molar-refractivity contribution in [2.75, 3.05) is 19.0 Å². The van der Waals surface area contributed by atoms with Crippen molar-refractivity contribution < 1.29 is 23.9 Å². The van der Waals surface area contributed by atoms with Crippen LogP contribution in [0.2, 0.25) is 10.0 Å². The largest absolute Gasteiger partial charge is 0.495 e. The fraction of sp³-hybridized carbons (Fsp3) is 0.115. The van der Waals surface area contributed by atoms with Crippen molar-refractivity contribution in [1.82, 2.24) is 4.90 Å². The number of ether oxygens (including phenoxy) is 2. The van der Waals surface area contributed by atoms with E-state index in [2.05, 4.69) is 21.2 Å². The van der Waals surface area contributed by atoms with Gasteiger partial charge in [-0.15, -0.1) is 0 Å². The van der Waals surface area contributed by atoms with E-state index in [1.54, 1.807) is 42.5 Å². The molecule has 1 aliphatic rings. The van der Waals surface area contributed by atoms with E-state index in [1.165, 1.54) is 13.2 Å². The number of halogens is 3. The zero-order chi connectivity index (χ0) is 26.5. The fourth-order valence-corrected chi connectivity index (χ4v) is 5.06. The Bertz CT molecular complexity index is 1420. The highest BCUT2D eigenvalue weighted by Gasteiger charge is 2.36. The van der Waals surface area contributed by atoms with E-state index in [-0.39, 0.29) is 11.5 Å². The van der Waals surface area contributed by atoms with Gasteiger partial charge in [0, 0.05) is 26.3 Å². The zero-order valence-corrected chi connectivity index (χ0v) is 23.2. The molecule has 11 heteroatoms. The number of hydrogen-bond donors (Lipinski definition) is 1. The Hall–Kier alpha value is -2.98. The fourth-order valence-electron chi connectivity index (χ4n) is 3.40. The maximum atomic E-state index is 13.0. The van der Waals surface area contributed by atoms with Crippen LogP contribution in [0.1, 0.15) is 11.1 Å². The summed E-state index contributed by atoms with van der Waals surface area (Å²) in [6, 6.07) is 17.4. The molecule has 0 aromatic heterocycles. The summed E-state index contributed by atoms with van der Waals surface area (Å²) in [5.74, 6) is -0.159. The van der Waals surface area contributed by atoms with E-state index in [1.807, 2.05) is 18.2 Å². The van der Waals surface area contributed by atoms with Gasteiger partial charge in [-0.1, -0.05) is 57.3 Å². The molecule has 1 heterocycles. The van der Waals surface area contributed by atoms with Gasteiger partial charge in [0.1, 0.15) is 24.7 Å². The molecule has 1 N–H and O–H groups in total. The van der Waals surface area contributed by atoms with Gasteiger partial charge in [0.2, 0.25) is 5.91 Å². The van der Waals surface area contributed by atoms with Crippen LogP contribution in [0.5, 0.6) is 11.5 Å². The Kier molecular flexibility index (Phi) is 8.81. The van der Waals surface area contributed by atoms with Crippen molar-refractivity contribution >= 4 is 79.7 Å². The number of anilines is 1. The normalized spacial score (nSPS) is 14.3. The summed E-state index contributed by atoms with van der Waals surface area (Å²) in [4.78, 5) is 39.2. The molecule has 3 aromatic rings. The molecule has 4 rings (SSSR count). The van der Waals surface area contributed by atoms with Crippen molar-refractivity contribution in [3.8, 4) is 11.5 Å². The number of nitrogens with zero attached hydrogens (tertiary/aromatic N) is 1. The van der Waals surface area contributed by atoms with Gasteiger partial charge >= 0.3 is 0 Å². The number of amides is 3. The lowest BCUT2D eigenvalue weighted by atomic mass is 10.1. The van der Waals surface area contributed by atoms with Crippen LogP contribution in [0.15, 0.2) is 70.0 Å². The smallest absolute Gasteiger partial charge is 0.294 e. The molecule has 3 aromatic carbocycles. The van der Waals surface area contributed by atoms with Crippen molar-refractivity contribution in [1.29, 1.82) is 0 Å². The van der Waals surface area contributed by atoms with Crippen LogP contribution in [0.3, 0.4) is 0 Å². The second kappa shape index (κ2) is 12.0. The molecule has 37 heavy (non-hydrogen) atoms. The quantitative estimate of drug-likeness (QED) is 0.272. The van der Waals surface area contributed by atoms with Crippen LogP contribution >= 0.6 is 50.9 Å². The van der Waals surface area contributed by atoms with E-state index in [0.717, 1.165) is 26.7 Å². The van der Waals surface area contributed by atoms with Gasteiger partial charge in [0.15, 0.2) is 0 Å². The molecule has 0 aliphatic carbocycles. The van der Waals surface area contributed by atoms with Crippen LogP contribution in [-0.4, -0.2) is 35.6 Å². The number of hydrogen-bond acceptors (Lipinski definition) is 6. The van der Waals surface area contributed by atoms with Crippen molar-refractivity contribution in [3.63, 3.8) is 0 Å². The molecule has 190 valence electrons. The van der Waals surface area contributed by atoms with Gasteiger partial charge in [-0.3, -0.25) is 19.3 Å². The van der Waals surface area contributed by atoms with Crippen molar-refractivity contribution in [2.45, 2.75) is 6.61 Å². The lowest BCUT2D eigenvalue weighted by Gasteiger charge is -2.13. The highest BCUT2D eigenvalue weighted by Crippen LogP contribution is 2.35. The highest BCUT2D eigenvalue weighted by molar-refractivity contribution is 9.10. The maximum absolute atomic E-state index is 13.0. The number of carbonyl (C=O) groups excluding carboxylic acids is 3. The van der Waals surface area contributed by atoms with E-state index >= 15 is 0 Å². The van der Waals surface area contributed by atoms with Crippen LogP contribution in [0.25, 0.3) is 6.08 Å². The third-order valence-corrected chi connectivity index (χ3v) is 7.28. The lowest BCUT2D eigenvalue weighted by molar-refractivity contribution is -0.127. The summed E-state index contributed by atoms with van der Waals surface area (Å²) in [6.07, 6.45) is 1.57. The van der Waals surface area contributed by atoms with Gasteiger partial charge in [-0.25, -0.2) is 0 Å². The Morgan fingerprint density at radius 1 is 1.05 bits per heavy atom. The molecule has 0 spiro atoms. The van der Waals surface area contributed by atoms with Gasteiger partial charge in [0.05, 0.1) is 17.0 Å². The summed E-state index contributed by atoms with van der Waals surface area (Å²) < 4.78 is 11.8. The topological polar surface area (TPSA) is 84.9 Å². The Labute approximate surface area is 235 Å². The van der Waals surface area contributed by atoms with E-state index in [9.17, 15) is 14.4 Å². The first-order valence-electron chi connectivity index (χ1n) is 10.8. The molecular formula is C26H19BrCl2N2O5S. The molecule has 0 radical (unpaired) electrons. The number of carbonyl (C=O) groups is 3. The maximum Gasteiger partial charge on any atom is 0.294 e. The van der Waals surface area contributed by atoms with Gasteiger partial charge in [0.25, 0.3) is 11.1 Å². The minimum absolute atomic E-state index is 0.172. The number of imide groups is 1. The Morgan fingerprint density at radius 2 is 1.81 bits per heavy atom. The van der Waals surface area contributed by atoms with Gasteiger partial charge < -0.3 is 14.8 Å². The molecule has 0 saturated carbocycles. The highest BCUT2D eigenvalue weighted by atomic mass is 79.9. The van der Waals surface area contributed by atoms with E-state index in [0.29, 0.717) is 32.8 Å². The minimum Gasteiger partial charge on any atom is -0.495 e. The average Bonchev–Trinajstić information content (AvgIpc) is 3.12. The van der Waals surface area contributed by atoms with Crippen molar-refractivity contribution in [2.24, 2.45) is 0 Å². The van der Waals surface area contributed by atoms with Crippen molar-refractivity contribution in [3.05, 3.63) is 91.2 Å². The number of thioether (sulfide) groups is 1. The summed E-state index contributed by atoms with van der Waals surface area (Å²) in [5, 5.41) is 2.98. The summed E-state index contributed by atoms with van der Waals surface area (Å²) >= 11 is 16.5. The molecule has 1 aliphatic heterocycles. The number of rotatable bonds is 8. The second-order valence-electron chi connectivity index (χ2n) is 7.73. The molecule has 1 fully saturated rings. The summed E-state index contributed by atoms with van der Waals surface area (Å²) in [6.45, 7) is -0.223. The Balaban J connectivity index is 1.47. The second-order valence-corrected chi connectivity index (χ2v) is 10.5. The van der Waals surface area contributed by atoms with Crippen LogP contribution in [0.4, 0.5) is 10.5 Å². The SMILES string of the molecule is COc1ccc(NC(=O)CN2C(=O)S/C(=C/c3cc(Br)ccc3OCc3ccccc3Cl)C2=O)cc1Cl. The average molecular weight is 622 g/mol. The predicted molar refractivity (Wildman–Crippen MR) is 149 cm³/mol. The molecule has 3 amide bonds. The van der Waals surface area contributed by atoms with Crippen LogP contribution < -0.4 is 14.8 Å². The zero-order valence-electron chi connectivity index (χ0n) is 19.3. The predicted octanol–water partition coefficient (Wildman–Crippen LogP) is 7.02. The number of methoxy groups -OCH3 is 1. The lowest BCUT2D eigenvalue weighted by Crippen LogP contribution is -2.36. The van der Waals surface area contributed by atoms with E-state index in [4.69, 9.17) is 32.7 Å².